The van der Waals surface area contributed by atoms with Gasteiger partial charge in [-0.2, -0.15) is 8.42 Å². The maximum absolute atomic E-state index is 10.8. The van der Waals surface area contributed by atoms with E-state index in [2.05, 4.69) is 32.1 Å². The summed E-state index contributed by atoms with van der Waals surface area (Å²) >= 11 is 3.33. The van der Waals surface area contributed by atoms with Crippen LogP contribution in [0.4, 0.5) is 0 Å². The number of rotatable bonds is 5. The molecule has 0 aromatic carbocycles. The molecule has 5 nitrogen and oxygen atoms in total. The molecule has 3 N–H and O–H groups in total. The molecule has 0 amide bonds. The minimum Gasteiger partial charge on any atom is -0.298 e. The zero-order valence-corrected chi connectivity index (χ0v) is 11.6. The average Bonchev–Trinajstić information content (AvgIpc) is 2.13. The van der Waals surface area contributed by atoms with E-state index in [9.17, 15) is 8.42 Å². The highest BCUT2D eigenvalue weighted by molar-refractivity contribution is 9.11. The first-order chi connectivity index (χ1) is 7.37. The number of halogens is 1. The summed E-state index contributed by atoms with van der Waals surface area (Å²) in [6, 6.07) is 0. The largest absolute Gasteiger partial charge is 0.298 e. The summed E-state index contributed by atoms with van der Waals surface area (Å²) in [5.74, 6) is 0.332. The van der Waals surface area contributed by atoms with E-state index in [0.29, 0.717) is 12.5 Å². The summed E-state index contributed by atoms with van der Waals surface area (Å²) in [7, 11) is -3.56. The molecule has 1 aliphatic heterocycles. The average molecular weight is 312 g/mol. The minimum absolute atomic E-state index is 0.332. The molecule has 0 aromatic rings. The summed E-state index contributed by atoms with van der Waals surface area (Å²) in [6.45, 7) is 6.96. The Hall–Kier alpha value is 0.0500. The van der Waals surface area contributed by atoms with Crippen molar-refractivity contribution in [3.8, 4) is 0 Å². The van der Waals surface area contributed by atoms with E-state index >= 15 is 0 Å². The molecule has 7 heteroatoms. The Morgan fingerprint density at radius 1 is 1.62 bits per heavy atom. The Morgan fingerprint density at radius 3 is 2.88 bits per heavy atom. The fourth-order valence-corrected chi connectivity index (χ4v) is 2.76. The van der Waals surface area contributed by atoms with Gasteiger partial charge in [0.15, 0.2) is 0 Å². The SMILES string of the molecule is C=C(Br)CN1CCC[C@H](CNS(N)(=O)=O)C1. The van der Waals surface area contributed by atoms with Crippen molar-refractivity contribution in [3.63, 3.8) is 0 Å². The van der Waals surface area contributed by atoms with Crippen LogP contribution in [0.15, 0.2) is 11.1 Å². The number of nitrogens with one attached hydrogen (secondary N) is 1. The molecule has 94 valence electrons. The van der Waals surface area contributed by atoms with Gasteiger partial charge in [-0.25, -0.2) is 9.86 Å². The normalized spacial score (nSPS) is 23.2. The van der Waals surface area contributed by atoms with Crippen LogP contribution in [0.5, 0.6) is 0 Å². The molecular formula is C9H18BrN3O2S. The maximum atomic E-state index is 10.8. The molecule has 0 radical (unpaired) electrons. The van der Waals surface area contributed by atoms with Gasteiger partial charge in [0.2, 0.25) is 0 Å². The maximum Gasteiger partial charge on any atom is 0.274 e. The molecule has 1 aliphatic rings. The molecule has 0 aliphatic carbocycles. The first kappa shape index (κ1) is 14.1. The highest BCUT2D eigenvalue weighted by Crippen LogP contribution is 2.17. The minimum atomic E-state index is -3.56. The number of likely N-dealkylation sites (tertiary alicyclic amines) is 1. The smallest absolute Gasteiger partial charge is 0.274 e. The van der Waals surface area contributed by atoms with Crippen molar-refractivity contribution < 1.29 is 8.42 Å². The van der Waals surface area contributed by atoms with Crippen LogP contribution in [0.1, 0.15) is 12.8 Å². The molecule has 1 heterocycles. The van der Waals surface area contributed by atoms with Crippen LogP contribution < -0.4 is 9.86 Å². The van der Waals surface area contributed by atoms with Crippen LogP contribution in [0.2, 0.25) is 0 Å². The van der Waals surface area contributed by atoms with Gasteiger partial charge >= 0.3 is 0 Å². The molecule has 16 heavy (non-hydrogen) atoms. The van der Waals surface area contributed by atoms with Crippen LogP contribution >= 0.6 is 15.9 Å². The van der Waals surface area contributed by atoms with E-state index in [1.54, 1.807) is 0 Å². The van der Waals surface area contributed by atoms with E-state index in [0.717, 1.165) is 37.0 Å². The van der Waals surface area contributed by atoms with Crippen molar-refractivity contribution in [2.45, 2.75) is 12.8 Å². The summed E-state index contributed by atoms with van der Waals surface area (Å²) in [4.78, 5) is 2.26. The van der Waals surface area contributed by atoms with E-state index < -0.39 is 10.2 Å². The molecule has 1 saturated heterocycles. The lowest BCUT2D eigenvalue weighted by Crippen LogP contribution is -2.42. The van der Waals surface area contributed by atoms with Crippen molar-refractivity contribution in [3.05, 3.63) is 11.1 Å². The molecular weight excluding hydrogens is 294 g/mol. The number of hydrogen-bond acceptors (Lipinski definition) is 3. The van der Waals surface area contributed by atoms with Crippen LogP contribution in [0, 0.1) is 5.92 Å². The summed E-state index contributed by atoms with van der Waals surface area (Å²) < 4.78 is 24.8. The third kappa shape index (κ3) is 5.95. The second-order valence-corrected chi connectivity index (χ2v) is 6.65. The van der Waals surface area contributed by atoms with Crippen LogP contribution in [-0.4, -0.2) is 39.5 Å². The predicted octanol–water partition coefficient (Wildman–Crippen LogP) is 0.400. The van der Waals surface area contributed by atoms with Gasteiger partial charge in [-0.3, -0.25) is 4.90 Å². The monoisotopic (exact) mass is 311 g/mol. The number of piperidine rings is 1. The van der Waals surface area contributed by atoms with E-state index in [-0.39, 0.29) is 0 Å². The number of nitrogens with two attached hydrogens (primary N) is 1. The zero-order chi connectivity index (χ0) is 12.2. The molecule has 1 atom stereocenters. The van der Waals surface area contributed by atoms with Gasteiger partial charge in [-0.05, 0) is 25.3 Å². The van der Waals surface area contributed by atoms with Crippen molar-refractivity contribution in [1.82, 2.24) is 9.62 Å². The lowest BCUT2D eigenvalue weighted by Gasteiger charge is -2.32. The molecule has 0 aromatic heterocycles. The molecule has 0 unspecified atom stereocenters. The Kier molecular flexibility index (Phi) is 5.39. The van der Waals surface area contributed by atoms with E-state index in [1.807, 2.05) is 0 Å². The van der Waals surface area contributed by atoms with Crippen molar-refractivity contribution in [2.75, 3.05) is 26.2 Å². The summed E-state index contributed by atoms with van der Waals surface area (Å²) in [6.07, 6.45) is 2.12. The fraction of sp³-hybridized carbons (Fsp3) is 0.778. The van der Waals surface area contributed by atoms with E-state index in [1.165, 1.54) is 0 Å². The van der Waals surface area contributed by atoms with Crippen molar-refractivity contribution in [1.29, 1.82) is 0 Å². The lowest BCUT2D eigenvalue weighted by molar-refractivity contribution is 0.191. The zero-order valence-electron chi connectivity index (χ0n) is 9.15. The van der Waals surface area contributed by atoms with Gasteiger partial charge in [0.1, 0.15) is 0 Å². The molecule has 1 fully saturated rings. The molecule has 0 saturated carbocycles. The highest BCUT2D eigenvalue weighted by atomic mass is 79.9. The molecule has 0 spiro atoms. The Morgan fingerprint density at radius 2 is 2.31 bits per heavy atom. The molecule has 1 rings (SSSR count). The summed E-state index contributed by atoms with van der Waals surface area (Å²) in [5.41, 5.74) is 0. The Bertz CT molecular complexity index is 345. The highest BCUT2D eigenvalue weighted by Gasteiger charge is 2.20. The predicted molar refractivity (Wildman–Crippen MR) is 68.3 cm³/mol. The third-order valence-corrected chi connectivity index (χ3v) is 3.39. The molecule has 0 bridgehead atoms. The quantitative estimate of drug-likeness (QED) is 0.771. The van der Waals surface area contributed by atoms with Crippen molar-refractivity contribution >= 4 is 26.1 Å². The van der Waals surface area contributed by atoms with Crippen molar-refractivity contribution in [2.24, 2.45) is 11.1 Å². The lowest BCUT2D eigenvalue weighted by atomic mass is 9.98. The van der Waals surface area contributed by atoms with Gasteiger partial charge in [-0.1, -0.05) is 22.5 Å². The fourth-order valence-electron chi connectivity index (χ4n) is 1.94. The van der Waals surface area contributed by atoms with Gasteiger partial charge in [-0.15, -0.1) is 0 Å². The van der Waals surface area contributed by atoms with Gasteiger partial charge in [0.25, 0.3) is 10.2 Å². The van der Waals surface area contributed by atoms with Crippen LogP contribution in [-0.2, 0) is 10.2 Å². The third-order valence-electron chi connectivity index (χ3n) is 2.57. The van der Waals surface area contributed by atoms with Crippen LogP contribution in [0.25, 0.3) is 0 Å². The first-order valence-corrected chi connectivity index (χ1v) is 7.54. The van der Waals surface area contributed by atoms with E-state index in [4.69, 9.17) is 5.14 Å². The second kappa shape index (κ2) is 6.11. The van der Waals surface area contributed by atoms with Gasteiger partial charge in [0.05, 0.1) is 0 Å². The number of hydrogen-bond donors (Lipinski definition) is 2. The topological polar surface area (TPSA) is 75.4 Å². The number of nitrogens with zero attached hydrogens (tertiary/aromatic N) is 1. The first-order valence-electron chi connectivity index (χ1n) is 5.20. The van der Waals surface area contributed by atoms with Gasteiger partial charge < -0.3 is 0 Å². The van der Waals surface area contributed by atoms with Gasteiger partial charge in [0, 0.05) is 24.1 Å². The second-order valence-electron chi connectivity index (χ2n) is 4.15. The summed E-state index contributed by atoms with van der Waals surface area (Å²) in [5, 5.41) is 4.89. The standard InChI is InChI=1S/C9H18BrN3O2S/c1-8(10)6-13-4-2-3-9(7-13)5-12-16(11,14)15/h9,12H,1-7H2,(H2,11,14,15)/t9-/m1/s1. The Balaban J connectivity index is 2.36. The Labute approximate surface area is 105 Å². The van der Waals surface area contributed by atoms with Crippen LogP contribution in [0.3, 0.4) is 0 Å².